The molecule has 0 bridgehead atoms. The molecule has 0 N–H and O–H groups in total. The van der Waals surface area contributed by atoms with Crippen molar-refractivity contribution in [3.8, 4) is 0 Å². The summed E-state index contributed by atoms with van der Waals surface area (Å²) in [6.45, 7) is 3.78. The van der Waals surface area contributed by atoms with Crippen molar-refractivity contribution < 1.29 is 4.42 Å². The molecule has 3 aromatic rings. The van der Waals surface area contributed by atoms with Crippen LogP contribution < -0.4 is 4.90 Å². The summed E-state index contributed by atoms with van der Waals surface area (Å²) in [5.41, 5.74) is 0.782. The van der Waals surface area contributed by atoms with Crippen LogP contribution in [0.25, 0.3) is 5.65 Å². The molecule has 8 nitrogen and oxygen atoms in total. The maximum absolute atomic E-state index is 5.87. The fourth-order valence-electron chi connectivity index (χ4n) is 3.32. The van der Waals surface area contributed by atoms with E-state index in [1.54, 1.807) is 4.52 Å². The second kappa shape index (κ2) is 5.25. The Hall–Kier alpha value is -2.51. The lowest BCUT2D eigenvalue weighted by Gasteiger charge is -2.31. The van der Waals surface area contributed by atoms with E-state index in [0.717, 1.165) is 55.0 Å². The Labute approximate surface area is 138 Å². The zero-order chi connectivity index (χ0) is 16.1. The van der Waals surface area contributed by atoms with Gasteiger partial charge in [-0.2, -0.15) is 4.52 Å². The zero-order valence-corrected chi connectivity index (χ0v) is 13.6. The lowest BCUT2D eigenvalue weighted by molar-refractivity contribution is 0.375. The van der Waals surface area contributed by atoms with Gasteiger partial charge in [-0.3, -0.25) is 0 Å². The third kappa shape index (κ3) is 2.33. The van der Waals surface area contributed by atoms with Crippen molar-refractivity contribution in [1.82, 2.24) is 30.0 Å². The summed E-state index contributed by atoms with van der Waals surface area (Å²) in [6, 6.07) is 3.98. The highest BCUT2D eigenvalue weighted by atomic mass is 16.4. The maximum atomic E-state index is 5.87. The highest BCUT2D eigenvalue weighted by molar-refractivity contribution is 5.46. The molecule has 24 heavy (non-hydrogen) atoms. The average molecular weight is 325 g/mol. The lowest BCUT2D eigenvalue weighted by Crippen LogP contribution is -2.33. The molecule has 0 unspecified atom stereocenters. The van der Waals surface area contributed by atoms with Crippen LogP contribution in [0.3, 0.4) is 0 Å². The second-order valence-corrected chi connectivity index (χ2v) is 6.72. The minimum absolute atomic E-state index is 0.363. The fraction of sp³-hybridized carbons (Fsp3) is 0.562. The SMILES string of the molecule is Cc1nnc2ccc(N3CCC(c4nnc(C5CC5)o4)CC3)nn12. The highest BCUT2D eigenvalue weighted by Gasteiger charge is 2.32. The van der Waals surface area contributed by atoms with E-state index in [9.17, 15) is 0 Å². The third-order valence-corrected chi connectivity index (χ3v) is 4.96. The fourth-order valence-corrected chi connectivity index (χ4v) is 3.32. The molecule has 3 aromatic heterocycles. The Morgan fingerprint density at radius 2 is 1.62 bits per heavy atom. The monoisotopic (exact) mass is 325 g/mol. The molecule has 1 aliphatic heterocycles. The van der Waals surface area contributed by atoms with E-state index < -0.39 is 0 Å². The van der Waals surface area contributed by atoms with Crippen LogP contribution in [0, 0.1) is 6.92 Å². The summed E-state index contributed by atoms with van der Waals surface area (Å²) in [5.74, 6) is 4.31. The van der Waals surface area contributed by atoms with Crippen molar-refractivity contribution in [2.45, 2.75) is 44.4 Å². The van der Waals surface area contributed by atoms with Gasteiger partial charge in [0.1, 0.15) is 5.82 Å². The number of rotatable bonds is 3. The molecule has 2 fully saturated rings. The summed E-state index contributed by atoms with van der Waals surface area (Å²) in [7, 11) is 0. The topological polar surface area (TPSA) is 85.2 Å². The molecule has 0 atom stereocenters. The Morgan fingerprint density at radius 3 is 2.33 bits per heavy atom. The van der Waals surface area contributed by atoms with Crippen LogP contribution in [-0.4, -0.2) is 43.1 Å². The summed E-state index contributed by atoms with van der Waals surface area (Å²) in [6.07, 6.45) is 4.40. The molecule has 0 spiro atoms. The summed E-state index contributed by atoms with van der Waals surface area (Å²) in [5, 5.41) is 21.3. The van der Waals surface area contributed by atoms with E-state index in [0.29, 0.717) is 11.8 Å². The van der Waals surface area contributed by atoms with E-state index in [1.807, 2.05) is 19.1 Å². The van der Waals surface area contributed by atoms with Crippen molar-refractivity contribution in [2.75, 3.05) is 18.0 Å². The van der Waals surface area contributed by atoms with E-state index in [-0.39, 0.29) is 0 Å². The van der Waals surface area contributed by atoms with Crippen molar-refractivity contribution >= 4 is 11.5 Å². The summed E-state index contributed by atoms with van der Waals surface area (Å²) < 4.78 is 7.67. The number of fused-ring (bicyclic) bond motifs is 1. The van der Waals surface area contributed by atoms with Crippen molar-refractivity contribution in [1.29, 1.82) is 0 Å². The van der Waals surface area contributed by atoms with E-state index in [4.69, 9.17) is 4.42 Å². The Kier molecular flexibility index (Phi) is 3.04. The van der Waals surface area contributed by atoms with Gasteiger partial charge in [0.25, 0.3) is 0 Å². The van der Waals surface area contributed by atoms with Gasteiger partial charge >= 0.3 is 0 Å². The Balaban J connectivity index is 1.30. The minimum Gasteiger partial charge on any atom is -0.425 e. The molecule has 0 aromatic carbocycles. The average Bonchev–Trinajstić information content (AvgIpc) is 3.24. The quantitative estimate of drug-likeness (QED) is 0.728. The van der Waals surface area contributed by atoms with E-state index in [1.165, 1.54) is 12.8 Å². The predicted octanol–water partition coefficient (Wildman–Crippen LogP) is 2.08. The van der Waals surface area contributed by atoms with Crippen molar-refractivity contribution in [2.24, 2.45) is 0 Å². The minimum atomic E-state index is 0.363. The molecule has 0 radical (unpaired) electrons. The number of anilines is 1. The van der Waals surface area contributed by atoms with Crippen LogP contribution in [0.4, 0.5) is 5.82 Å². The van der Waals surface area contributed by atoms with Gasteiger partial charge in [-0.1, -0.05) is 0 Å². The second-order valence-electron chi connectivity index (χ2n) is 6.72. The van der Waals surface area contributed by atoms with Crippen LogP contribution in [-0.2, 0) is 0 Å². The summed E-state index contributed by atoms with van der Waals surface area (Å²) in [4.78, 5) is 2.30. The number of hydrogen-bond donors (Lipinski definition) is 0. The first-order valence-electron chi connectivity index (χ1n) is 8.55. The van der Waals surface area contributed by atoms with Gasteiger partial charge < -0.3 is 9.32 Å². The highest BCUT2D eigenvalue weighted by Crippen LogP contribution is 2.40. The van der Waals surface area contributed by atoms with E-state index in [2.05, 4.69) is 30.4 Å². The lowest BCUT2D eigenvalue weighted by atomic mass is 9.97. The van der Waals surface area contributed by atoms with Crippen molar-refractivity contribution in [3.05, 3.63) is 29.7 Å². The van der Waals surface area contributed by atoms with Gasteiger partial charge in [0.05, 0.1) is 0 Å². The molecule has 2 aliphatic rings. The van der Waals surface area contributed by atoms with Gasteiger partial charge in [0.15, 0.2) is 11.5 Å². The van der Waals surface area contributed by atoms with Gasteiger partial charge in [0.2, 0.25) is 11.8 Å². The standard InChI is InChI=1S/C16H19N7O/c1-10-17-18-13-4-5-14(21-23(10)13)22-8-6-12(7-9-22)16-20-19-15(24-16)11-2-3-11/h4-5,11-12H,2-3,6-9H2,1H3. The molecular formula is C16H19N7O. The van der Waals surface area contributed by atoms with Crippen LogP contribution >= 0.6 is 0 Å². The maximum Gasteiger partial charge on any atom is 0.219 e. The first kappa shape index (κ1) is 13.9. The Morgan fingerprint density at radius 1 is 0.917 bits per heavy atom. The number of nitrogens with zero attached hydrogens (tertiary/aromatic N) is 7. The van der Waals surface area contributed by atoms with Gasteiger partial charge in [-0.05, 0) is 44.7 Å². The first-order chi connectivity index (χ1) is 11.8. The number of piperidine rings is 1. The molecule has 8 heteroatoms. The van der Waals surface area contributed by atoms with Gasteiger partial charge in [-0.25, -0.2) is 0 Å². The smallest absolute Gasteiger partial charge is 0.219 e. The summed E-state index contributed by atoms with van der Waals surface area (Å²) >= 11 is 0. The van der Waals surface area contributed by atoms with Crippen LogP contribution in [0.5, 0.6) is 0 Å². The molecule has 124 valence electrons. The zero-order valence-electron chi connectivity index (χ0n) is 13.6. The first-order valence-corrected chi connectivity index (χ1v) is 8.55. The number of aryl methyl sites for hydroxylation is 1. The molecular weight excluding hydrogens is 306 g/mol. The number of hydrogen-bond acceptors (Lipinski definition) is 7. The molecule has 1 aliphatic carbocycles. The molecule has 1 saturated heterocycles. The van der Waals surface area contributed by atoms with E-state index >= 15 is 0 Å². The predicted molar refractivity (Wildman–Crippen MR) is 86.0 cm³/mol. The largest absolute Gasteiger partial charge is 0.425 e. The molecule has 5 rings (SSSR count). The van der Waals surface area contributed by atoms with Gasteiger partial charge in [0, 0.05) is 24.9 Å². The molecule has 1 saturated carbocycles. The molecule has 4 heterocycles. The third-order valence-electron chi connectivity index (χ3n) is 4.96. The normalized spacial score (nSPS) is 19.3. The van der Waals surface area contributed by atoms with Crippen molar-refractivity contribution in [3.63, 3.8) is 0 Å². The number of aromatic nitrogens is 6. The van der Waals surface area contributed by atoms with Crippen LogP contribution in [0.1, 0.15) is 55.1 Å². The Bertz CT molecular complexity index is 874. The van der Waals surface area contributed by atoms with Gasteiger partial charge in [-0.15, -0.1) is 25.5 Å². The molecule has 0 amide bonds. The van der Waals surface area contributed by atoms with Crippen LogP contribution in [0.15, 0.2) is 16.5 Å². The van der Waals surface area contributed by atoms with Crippen LogP contribution in [0.2, 0.25) is 0 Å².